The average Bonchev–Trinajstić information content (AvgIpc) is 3.21. The second-order valence-corrected chi connectivity index (χ2v) is 7.13. The van der Waals surface area contributed by atoms with Crippen molar-refractivity contribution in [3.05, 3.63) is 39.8 Å². The van der Waals surface area contributed by atoms with Gasteiger partial charge in [-0.2, -0.15) is 5.26 Å². The highest BCUT2D eigenvalue weighted by molar-refractivity contribution is 7.80. The van der Waals surface area contributed by atoms with E-state index in [9.17, 15) is 10.1 Å². The van der Waals surface area contributed by atoms with E-state index in [4.69, 9.17) is 21.7 Å². The maximum absolute atomic E-state index is 12.6. The predicted octanol–water partition coefficient (Wildman–Crippen LogP) is 3.25. The summed E-state index contributed by atoms with van der Waals surface area (Å²) < 4.78 is 10.5. The zero-order valence-electron chi connectivity index (χ0n) is 14.3. The molecule has 2 N–H and O–H groups in total. The number of amides is 1. The highest BCUT2D eigenvalue weighted by Crippen LogP contribution is 2.38. The first-order valence-corrected chi connectivity index (χ1v) is 9.19. The molecule has 1 aliphatic carbocycles. The number of nitrogens with one attached hydrogen (secondary N) is 2. The van der Waals surface area contributed by atoms with Crippen molar-refractivity contribution >= 4 is 39.6 Å². The summed E-state index contributed by atoms with van der Waals surface area (Å²) in [5.41, 5.74) is 1.98. The van der Waals surface area contributed by atoms with Crippen LogP contribution in [-0.2, 0) is 12.8 Å². The first-order valence-electron chi connectivity index (χ1n) is 7.97. The van der Waals surface area contributed by atoms with Gasteiger partial charge in [-0.3, -0.25) is 10.1 Å². The van der Waals surface area contributed by atoms with Crippen molar-refractivity contribution in [1.82, 2.24) is 5.32 Å². The van der Waals surface area contributed by atoms with Crippen LogP contribution in [0.25, 0.3) is 0 Å². The largest absolute Gasteiger partial charge is 0.496 e. The molecule has 1 amide bonds. The Morgan fingerprint density at radius 2 is 1.96 bits per heavy atom. The van der Waals surface area contributed by atoms with Crippen molar-refractivity contribution < 1.29 is 14.3 Å². The average molecular weight is 387 g/mol. The number of hydrogen-bond donors (Lipinski definition) is 2. The van der Waals surface area contributed by atoms with Crippen molar-refractivity contribution in [2.24, 2.45) is 0 Å². The third kappa shape index (κ3) is 3.36. The van der Waals surface area contributed by atoms with Crippen LogP contribution < -0.4 is 20.1 Å². The minimum absolute atomic E-state index is 0.124. The van der Waals surface area contributed by atoms with Gasteiger partial charge in [0, 0.05) is 4.88 Å². The van der Waals surface area contributed by atoms with Gasteiger partial charge in [0.2, 0.25) is 0 Å². The number of nitriles is 1. The van der Waals surface area contributed by atoms with Crippen molar-refractivity contribution in [2.45, 2.75) is 19.3 Å². The van der Waals surface area contributed by atoms with Gasteiger partial charge < -0.3 is 14.8 Å². The van der Waals surface area contributed by atoms with Crippen LogP contribution in [0, 0.1) is 11.3 Å². The molecule has 8 heteroatoms. The number of thiophene rings is 1. The SMILES string of the molecule is COc1cccc(OC)c1C(=O)NC(=S)Nc1sc2c(c1C#N)CCC2. The molecule has 26 heavy (non-hydrogen) atoms. The summed E-state index contributed by atoms with van der Waals surface area (Å²) in [5.74, 6) is 0.328. The van der Waals surface area contributed by atoms with E-state index in [-0.39, 0.29) is 10.7 Å². The number of carbonyl (C=O) groups is 1. The van der Waals surface area contributed by atoms with Crippen LogP contribution in [0.2, 0.25) is 0 Å². The summed E-state index contributed by atoms with van der Waals surface area (Å²) in [6.45, 7) is 0. The summed E-state index contributed by atoms with van der Waals surface area (Å²) in [5, 5.41) is 15.8. The predicted molar refractivity (Wildman–Crippen MR) is 104 cm³/mol. The van der Waals surface area contributed by atoms with Crippen LogP contribution in [0.4, 0.5) is 5.00 Å². The van der Waals surface area contributed by atoms with Crippen LogP contribution in [0.15, 0.2) is 18.2 Å². The number of fused-ring (bicyclic) bond motifs is 1. The lowest BCUT2D eigenvalue weighted by atomic mass is 10.1. The molecule has 1 heterocycles. The number of carbonyl (C=O) groups excluding carboxylic acids is 1. The molecule has 6 nitrogen and oxygen atoms in total. The van der Waals surface area contributed by atoms with E-state index in [1.807, 2.05) is 0 Å². The standard InChI is InChI=1S/C18H17N3O3S2/c1-23-12-6-4-7-13(24-2)15(12)16(22)20-18(25)21-17-11(9-19)10-5-3-8-14(10)26-17/h4,6-7H,3,5,8H2,1-2H3,(H2,20,21,22,25). The molecule has 1 aromatic heterocycles. The maximum atomic E-state index is 12.6. The fourth-order valence-corrected chi connectivity index (χ4v) is 4.49. The summed E-state index contributed by atoms with van der Waals surface area (Å²) in [4.78, 5) is 13.9. The van der Waals surface area contributed by atoms with E-state index in [1.165, 1.54) is 30.4 Å². The van der Waals surface area contributed by atoms with E-state index in [1.54, 1.807) is 18.2 Å². The van der Waals surface area contributed by atoms with Gasteiger partial charge in [0.1, 0.15) is 28.1 Å². The lowest BCUT2D eigenvalue weighted by molar-refractivity contribution is 0.0971. The Morgan fingerprint density at radius 1 is 1.27 bits per heavy atom. The quantitative estimate of drug-likeness (QED) is 0.784. The fourth-order valence-electron chi connectivity index (χ4n) is 2.99. The third-order valence-corrected chi connectivity index (χ3v) is 5.55. The summed E-state index contributed by atoms with van der Waals surface area (Å²) in [7, 11) is 2.96. The number of thiocarbonyl (C=S) groups is 1. The van der Waals surface area contributed by atoms with Gasteiger partial charge in [0.25, 0.3) is 5.91 Å². The minimum atomic E-state index is -0.445. The Balaban J connectivity index is 1.78. The molecule has 0 atom stereocenters. The Kier molecular flexibility index (Phi) is 5.40. The number of anilines is 1. The molecule has 0 aliphatic heterocycles. The van der Waals surface area contributed by atoms with Gasteiger partial charge in [0.15, 0.2) is 5.11 Å². The van der Waals surface area contributed by atoms with Gasteiger partial charge in [-0.15, -0.1) is 11.3 Å². The van der Waals surface area contributed by atoms with Crippen LogP contribution >= 0.6 is 23.6 Å². The van der Waals surface area contributed by atoms with Crippen molar-refractivity contribution in [2.75, 3.05) is 19.5 Å². The first kappa shape index (κ1) is 18.2. The highest BCUT2D eigenvalue weighted by atomic mass is 32.1. The zero-order chi connectivity index (χ0) is 18.7. The number of nitrogens with zero attached hydrogens (tertiary/aromatic N) is 1. The molecular weight excluding hydrogens is 370 g/mol. The summed E-state index contributed by atoms with van der Waals surface area (Å²) in [6, 6.07) is 7.32. The third-order valence-electron chi connectivity index (χ3n) is 4.14. The molecule has 0 saturated carbocycles. The van der Waals surface area contributed by atoms with Gasteiger partial charge in [-0.1, -0.05) is 6.07 Å². The Morgan fingerprint density at radius 3 is 2.58 bits per heavy atom. The molecule has 134 valence electrons. The molecule has 0 radical (unpaired) electrons. The topological polar surface area (TPSA) is 83.4 Å². The number of ether oxygens (including phenoxy) is 2. The highest BCUT2D eigenvalue weighted by Gasteiger charge is 2.24. The second-order valence-electron chi connectivity index (χ2n) is 5.62. The van der Waals surface area contributed by atoms with Crippen molar-refractivity contribution in [3.8, 4) is 17.6 Å². The van der Waals surface area contributed by atoms with E-state index in [0.29, 0.717) is 22.1 Å². The van der Waals surface area contributed by atoms with Gasteiger partial charge in [-0.05, 0) is 49.2 Å². The van der Waals surface area contributed by atoms with E-state index < -0.39 is 5.91 Å². The lowest BCUT2D eigenvalue weighted by Gasteiger charge is -2.14. The van der Waals surface area contributed by atoms with Crippen LogP contribution in [0.1, 0.15) is 32.8 Å². The molecule has 0 unspecified atom stereocenters. The van der Waals surface area contributed by atoms with E-state index in [0.717, 1.165) is 24.8 Å². The molecule has 0 bridgehead atoms. The van der Waals surface area contributed by atoms with Gasteiger partial charge in [0.05, 0.1) is 19.8 Å². The zero-order valence-corrected chi connectivity index (χ0v) is 16.0. The normalized spacial score (nSPS) is 12.0. The molecule has 0 saturated heterocycles. The number of aryl methyl sites for hydroxylation is 1. The number of benzene rings is 1. The van der Waals surface area contributed by atoms with Crippen LogP contribution in [0.5, 0.6) is 11.5 Å². The molecule has 1 aromatic carbocycles. The Hall–Kier alpha value is -2.63. The Labute approximate surface area is 160 Å². The first-order chi connectivity index (χ1) is 12.6. The molecule has 0 fully saturated rings. The lowest BCUT2D eigenvalue weighted by Crippen LogP contribution is -2.34. The summed E-state index contributed by atoms with van der Waals surface area (Å²) >= 11 is 6.78. The monoisotopic (exact) mass is 387 g/mol. The van der Waals surface area contributed by atoms with Crippen LogP contribution in [0.3, 0.4) is 0 Å². The molecule has 2 aromatic rings. The van der Waals surface area contributed by atoms with Gasteiger partial charge >= 0.3 is 0 Å². The second kappa shape index (κ2) is 7.72. The van der Waals surface area contributed by atoms with Gasteiger partial charge in [-0.25, -0.2) is 0 Å². The molecule has 1 aliphatic rings. The number of hydrogen-bond acceptors (Lipinski definition) is 6. The molecular formula is C18H17N3O3S2. The smallest absolute Gasteiger partial charge is 0.264 e. The number of rotatable bonds is 4. The van der Waals surface area contributed by atoms with Crippen molar-refractivity contribution in [3.63, 3.8) is 0 Å². The minimum Gasteiger partial charge on any atom is -0.496 e. The number of methoxy groups -OCH3 is 2. The van der Waals surface area contributed by atoms with E-state index >= 15 is 0 Å². The van der Waals surface area contributed by atoms with Crippen LogP contribution in [-0.4, -0.2) is 25.2 Å². The maximum Gasteiger partial charge on any atom is 0.264 e. The summed E-state index contributed by atoms with van der Waals surface area (Å²) in [6.07, 6.45) is 2.97. The van der Waals surface area contributed by atoms with Crippen molar-refractivity contribution in [1.29, 1.82) is 5.26 Å². The fraction of sp³-hybridized carbons (Fsp3) is 0.278. The molecule has 0 spiro atoms. The molecule has 3 rings (SSSR count). The van der Waals surface area contributed by atoms with E-state index in [2.05, 4.69) is 16.7 Å². The Bertz CT molecular complexity index is 893.